The highest BCUT2D eigenvalue weighted by molar-refractivity contribution is 5.44. The molecule has 1 fully saturated rings. The van der Waals surface area contributed by atoms with Gasteiger partial charge in [0.05, 0.1) is 18.8 Å². The van der Waals surface area contributed by atoms with E-state index in [2.05, 4.69) is 25.5 Å². The lowest BCUT2D eigenvalue weighted by atomic mass is 10.1. The van der Waals surface area contributed by atoms with Crippen LogP contribution >= 0.6 is 0 Å². The van der Waals surface area contributed by atoms with E-state index >= 15 is 0 Å². The Morgan fingerprint density at radius 3 is 2.91 bits per heavy atom. The van der Waals surface area contributed by atoms with Gasteiger partial charge in [-0.05, 0) is 26.1 Å². The molecule has 0 spiro atoms. The van der Waals surface area contributed by atoms with Crippen molar-refractivity contribution in [2.45, 2.75) is 25.5 Å². The Hall–Kier alpha value is -1.87. The maximum Gasteiger partial charge on any atom is 0.299 e. The molecule has 0 aliphatic carbocycles. The molecule has 120 valence electrons. The van der Waals surface area contributed by atoms with E-state index in [1.807, 2.05) is 14.0 Å². The maximum atomic E-state index is 12.8. The van der Waals surface area contributed by atoms with E-state index in [0.29, 0.717) is 18.1 Å². The molecule has 0 bridgehead atoms. The summed E-state index contributed by atoms with van der Waals surface area (Å²) in [5, 5.41) is 14.5. The highest BCUT2D eigenvalue weighted by atomic mass is 19.3. The molecule has 0 saturated carbocycles. The Balaban J connectivity index is 1.77. The molecule has 22 heavy (non-hydrogen) atoms. The number of nitrogens with zero attached hydrogens (tertiary/aromatic N) is 5. The Morgan fingerprint density at radius 2 is 2.18 bits per heavy atom. The van der Waals surface area contributed by atoms with Crippen molar-refractivity contribution in [2.75, 3.05) is 32.1 Å². The van der Waals surface area contributed by atoms with Crippen molar-refractivity contribution < 1.29 is 13.5 Å². The molecule has 2 aromatic rings. The van der Waals surface area contributed by atoms with Gasteiger partial charge in [0.1, 0.15) is 5.82 Å². The van der Waals surface area contributed by atoms with Crippen LogP contribution in [0.25, 0.3) is 5.65 Å². The standard InChI is InChI=1S/C13H18F2N6O/c1-8(9-7-20(2)5-6-22-9)16-10-3-4-11-17-18-13(12(14)15)21(11)19-10/h3-4,8-9,12H,5-7H2,1-2H3,(H,16,19). The van der Waals surface area contributed by atoms with Crippen LogP contribution in [0.5, 0.6) is 0 Å². The topological polar surface area (TPSA) is 67.6 Å². The summed E-state index contributed by atoms with van der Waals surface area (Å²) in [4.78, 5) is 2.19. The van der Waals surface area contributed by atoms with Gasteiger partial charge in [-0.15, -0.1) is 15.3 Å². The number of morpholine rings is 1. The van der Waals surface area contributed by atoms with Crippen LogP contribution < -0.4 is 5.32 Å². The molecule has 9 heteroatoms. The fraction of sp³-hybridized carbons (Fsp3) is 0.615. The zero-order valence-electron chi connectivity index (χ0n) is 12.4. The molecule has 1 saturated heterocycles. The van der Waals surface area contributed by atoms with E-state index in [1.54, 1.807) is 12.1 Å². The first-order chi connectivity index (χ1) is 10.5. The second-order valence-corrected chi connectivity index (χ2v) is 5.45. The van der Waals surface area contributed by atoms with Crippen LogP contribution in [0.3, 0.4) is 0 Å². The first kappa shape index (κ1) is 15.0. The number of alkyl halides is 2. The number of halogens is 2. The monoisotopic (exact) mass is 312 g/mol. The van der Waals surface area contributed by atoms with Gasteiger partial charge in [-0.2, -0.15) is 4.52 Å². The van der Waals surface area contributed by atoms with Crippen molar-refractivity contribution in [3.63, 3.8) is 0 Å². The molecule has 1 aliphatic heterocycles. The van der Waals surface area contributed by atoms with E-state index in [9.17, 15) is 8.78 Å². The lowest BCUT2D eigenvalue weighted by Crippen LogP contribution is -2.47. The Kier molecular flexibility index (Phi) is 4.16. The number of likely N-dealkylation sites (N-methyl/N-ethyl adjacent to an activating group) is 1. The van der Waals surface area contributed by atoms with Gasteiger partial charge in [0, 0.05) is 13.1 Å². The number of fused-ring (bicyclic) bond motifs is 1. The summed E-state index contributed by atoms with van der Waals surface area (Å²) >= 11 is 0. The molecular formula is C13H18F2N6O. The van der Waals surface area contributed by atoms with Crippen LogP contribution in [0.4, 0.5) is 14.6 Å². The average molecular weight is 312 g/mol. The van der Waals surface area contributed by atoms with Crippen LogP contribution in [-0.2, 0) is 4.74 Å². The largest absolute Gasteiger partial charge is 0.373 e. The van der Waals surface area contributed by atoms with Gasteiger partial charge >= 0.3 is 0 Å². The van der Waals surface area contributed by atoms with Gasteiger partial charge in [-0.3, -0.25) is 0 Å². The van der Waals surface area contributed by atoms with Crippen molar-refractivity contribution in [1.82, 2.24) is 24.7 Å². The molecule has 2 aromatic heterocycles. The minimum Gasteiger partial charge on any atom is -0.373 e. The predicted molar refractivity (Wildman–Crippen MR) is 76.1 cm³/mol. The Bertz CT molecular complexity index is 648. The number of nitrogens with one attached hydrogen (secondary N) is 1. The molecule has 2 atom stereocenters. The highest BCUT2D eigenvalue weighted by Gasteiger charge is 2.24. The van der Waals surface area contributed by atoms with Crippen LogP contribution in [0.1, 0.15) is 19.2 Å². The van der Waals surface area contributed by atoms with Crippen molar-refractivity contribution in [1.29, 1.82) is 0 Å². The molecule has 1 N–H and O–H groups in total. The summed E-state index contributed by atoms with van der Waals surface area (Å²) in [6.45, 7) is 4.38. The van der Waals surface area contributed by atoms with E-state index in [0.717, 1.165) is 17.6 Å². The van der Waals surface area contributed by atoms with Crippen LogP contribution in [0, 0.1) is 0 Å². The molecule has 3 rings (SSSR count). The summed E-state index contributed by atoms with van der Waals surface area (Å²) in [5.74, 6) is 0.0264. The minimum atomic E-state index is -2.72. The molecule has 2 unspecified atom stereocenters. The van der Waals surface area contributed by atoms with Crippen molar-refractivity contribution >= 4 is 11.5 Å². The van der Waals surface area contributed by atoms with Crippen LogP contribution in [-0.4, -0.2) is 63.6 Å². The minimum absolute atomic E-state index is 0.000759. The van der Waals surface area contributed by atoms with Gasteiger partial charge < -0.3 is 15.0 Å². The van der Waals surface area contributed by atoms with E-state index in [4.69, 9.17) is 4.74 Å². The SMILES string of the molecule is CC(Nc1ccc2nnc(C(F)F)n2n1)C1CN(C)CCO1. The smallest absolute Gasteiger partial charge is 0.299 e. The molecule has 3 heterocycles. The van der Waals surface area contributed by atoms with Crippen molar-refractivity contribution in [2.24, 2.45) is 0 Å². The van der Waals surface area contributed by atoms with Gasteiger partial charge in [0.25, 0.3) is 6.43 Å². The first-order valence-corrected chi connectivity index (χ1v) is 7.12. The van der Waals surface area contributed by atoms with E-state index < -0.39 is 12.2 Å². The number of hydrogen-bond acceptors (Lipinski definition) is 6. The lowest BCUT2D eigenvalue weighted by Gasteiger charge is -2.34. The van der Waals surface area contributed by atoms with Gasteiger partial charge in [0.2, 0.25) is 5.82 Å². The molecule has 7 nitrogen and oxygen atoms in total. The van der Waals surface area contributed by atoms with Gasteiger partial charge in [-0.1, -0.05) is 0 Å². The Labute approximate surface area is 126 Å². The maximum absolute atomic E-state index is 12.8. The molecule has 1 aliphatic rings. The molecule has 0 aromatic carbocycles. The fourth-order valence-electron chi connectivity index (χ4n) is 2.46. The normalized spacial score (nSPS) is 21.4. The van der Waals surface area contributed by atoms with Crippen molar-refractivity contribution in [3.05, 3.63) is 18.0 Å². The number of hydrogen-bond donors (Lipinski definition) is 1. The van der Waals surface area contributed by atoms with Crippen molar-refractivity contribution in [3.8, 4) is 0 Å². The fourth-order valence-corrected chi connectivity index (χ4v) is 2.46. The average Bonchev–Trinajstić information content (AvgIpc) is 2.90. The second kappa shape index (κ2) is 6.09. The van der Waals surface area contributed by atoms with Gasteiger partial charge in [-0.25, -0.2) is 8.78 Å². The molecular weight excluding hydrogens is 294 g/mol. The summed E-state index contributed by atoms with van der Waals surface area (Å²) in [5.41, 5.74) is 0.294. The molecule has 0 amide bonds. The summed E-state index contributed by atoms with van der Waals surface area (Å²) < 4.78 is 32.5. The second-order valence-electron chi connectivity index (χ2n) is 5.45. The number of aromatic nitrogens is 4. The quantitative estimate of drug-likeness (QED) is 0.915. The summed E-state index contributed by atoms with van der Waals surface area (Å²) in [7, 11) is 2.04. The number of ether oxygens (including phenoxy) is 1. The Morgan fingerprint density at radius 1 is 1.36 bits per heavy atom. The van der Waals surface area contributed by atoms with E-state index in [-0.39, 0.29) is 12.1 Å². The van der Waals surface area contributed by atoms with E-state index in [1.165, 1.54) is 0 Å². The summed E-state index contributed by atoms with van der Waals surface area (Å²) in [6.07, 6.45) is -2.70. The van der Waals surface area contributed by atoms with Crippen LogP contribution in [0.15, 0.2) is 12.1 Å². The first-order valence-electron chi connectivity index (χ1n) is 7.12. The number of rotatable bonds is 4. The van der Waals surface area contributed by atoms with Crippen LogP contribution in [0.2, 0.25) is 0 Å². The predicted octanol–water partition coefficient (Wildman–Crippen LogP) is 1.19. The third kappa shape index (κ3) is 3.00. The highest BCUT2D eigenvalue weighted by Crippen LogP contribution is 2.18. The third-order valence-corrected chi connectivity index (χ3v) is 3.71. The zero-order valence-corrected chi connectivity index (χ0v) is 12.4. The lowest BCUT2D eigenvalue weighted by molar-refractivity contribution is -0.0260. The van der Waals surface area contributed by atoms with Gasteiger partial charge in [0.15, 0.2) is 5.65 Å². The summed E-state index contributed by atoms with van der Waals surface area (Å²) in [6, 6.07) is 3.30. The number of anilines is 1. The zero-order chi connectivity index (χ0) is 15.7. The molecule has 0 radical (unpaired) electrons. The third-order valence-electron chi connectivity index (χ3n) is 3.71.